The molecule has 7 nitrogen and oxygen atoms in total. The number of carbonyl (C=O) groups excluding carboxylic acids is 1. The standard InChI is InChI=1S/C3H3N5O2/c4-2(9)3-5-1-8(6-3)7-10/h1H,(H2,4,9). The van der Waals surface area contributed by atoms with Gasteiger partial charge < -0.3 is 5.73 Å². The van der Waals surface area contributed by atoms with E-state index in [2.05, 4.69) is 15.4 Å². The molecule has 1 rings (SSSR count). The molecule has 0 radical (unpaired) electrons. The Bertz CT molecular complexity index is 266. The number of hydrogen-bond donors (Lipinski definition) is 1. The largest absolute Gasteiger partial charge is 0.363 e. The summed E-state index contributed by atoms with van der Waals surface area (Å²) in [7, 11) is 0. The van der Waals surface area contributed by atoms with Crippen LogP contribution in [0, 0.1) is 4.91 Å². The molecule has 1 aromatic rings. The molecule has 0 unspecified atom stereocenters. The summed E-state index contributed by atoms with van der Waals surface area (Å²) in [5, 5.41) is 5.64. The van der Waals surface area contributed by atoms with Gasteiger partial charge >= 0.3 is 0 Å². The van der Waals surface area contributed by atoms with Gasteiger partial charge in [-0.05, 0) is 0 Å². The molecule has 1 amide bonds. The molecule has 0 aliphatic carbocycles. The minimum absolute atomic E-state index is 0.223. The smallest absolute Gasteiger partial charge is 0.288 e. The van der Waals surface area contributed by atoms with Crippen molar-refractivity contribution in [2.75, 3.05) is 0 Å². The van der Waals surface area contributed by atoms with Crippen LogP contribution in [0.4, 0.5) is 0 Å². The Morgan fingerprint density at radius 2 is 2.50 bits per heavy atom. The normalized spacial score (nSPS) is 9.20. The first-order chi connectivity index (χ1) is 4.74. The fraction of sp³-hybridized carbons (Fsp3) is 0. The average Bonchev–Trinajstić information content (AvgIpc) is 2.34. The summed E-state index contributed by atoms with van der Waals surface area (Å²) in [5.74, 6) is -1.01. The average molecular weight is 141 g/mol. The highest BCUT2D eigenvalue weighted by Gasteiger charge is 2.05. The summed E-state index contributed by atoms with van der Waals surface area (Å²) in [6.07, 6.45) is 0.993. The van der Waals surface area contributed by atoms with Crippen LogP contribution in [0.2, 0.25) is 0 Å². The van der Waals surface area contributed by atoms with Crippen LogP contribution in [0.5, 0.6) is 0 Å². The Morgan fingerprint density at radius 3 is 2.80 bits per heavy atom. The van der Waals surface area contributed by atoms with Crippen molar-refractivity contribution in [3.63, 3.8) is 0 Å². The molecule has 0 aromatic carbocycles. The quantitative estimate of drug-likeness (QED) is 0.528. The SMILES string of the molecule is NC(=O)c1ncn(N=O)n1. The number of nitrogens with two attached hydrogens (primary N) is 1. The van der Waals surface area contributed by atoms with Crippen LogP contribution in [-0.2, 0) is 0 Å². The molecule has 0 aliphatic rings. The van der Waals surface area contributed by atoms with Crippen LogP contribution in [-0.4, -0.2) is 20.8 Å². The highest BCUT2D eigenvalue weighted by Crippen LogP contribution is 1.85. The first kappa shape index (κ1) is 6.33. The van der Waals surface area contributed by atoms with Gasteiger partial charge in [-0.25, -0.2) is 4.98 Å². The number of aromatic nitrogens is 3. The van der Waals surface area contributed by atoms with Gasteiger partial charge in [-0.2, -0.15) is 0 Å². The number of nitrogens with zero attached hydrogens (tertiary/aromatic N) is 4. The molecular formula is C3H3N5O2. The van der Waals surface area contributed by atoms with Gasteiger partial charge in [0.2, 0.25) is 5.82 Å². The minimum Gasteiger partial charge on any atom is -0.363 e. The van der Waals surface area contributed by atoms with Crippen LogP contribution in [0.1, 0.15) is 10.6 Å². The van der Waals surface area contributed by atoms with Gasteiger partial charge in [-0.15, -0.1) is 14.8 Å². The van der Waals surface area contributed by atoms with E-state index in [0.29, 0.717) is 4.79 Å². The maximum atomic E-state index is 10.3. The number of amides is 1. The van der Waals surface area contributed by atoms with Gasteiger partial charge in [0.15, 0.2) is 0 Å². The van der Waals surface area contributed by atoms with Crippen molar-refractivity contribution >= 4 is 5.91 Å². The first-order valence-electron chi connectivity index (χ1n) is 2.29. The maximum absolute atomic E-state index is 10.3. The predicted molar refractivity (Wildman–Crippen MR) is 29.7 cm³/mol. The minimum atomic E-state index is -0.789. The Labute approximate surface area is 54.8 Å². The third-order valence-electron chi connectivity index (χ3n) is 0.785. The van der Waals surface area contributed by atoms with Crippen molar-refractivity contribution in [1.82, 2.24) is 14.9 Å². The molecule has 1 aromatic heterocycles. The van der Waals surface area contributed by atoms with Gasteiger partial charge in [0.25, 0.3) is 5.91 Å². The molecule has 0 atom stereocenters. The van der Waals surface area contributed by atoms with Crippen molar-refractivity contribution < 1.29 is 4.79 Å². The van der Waals surface area contributed by atoms with E-state index in [4.69, 9.17) is 5.73 Å². The molecule has 0 spiro atoms. The van der Waals surface area contributed by atoms with E-state index in [1.807, 2.05) is 0 Å². The number of primary amides is 1. The second-order valence-electron chi connectivity index (χ2n) is 1.43. The fourth-order valence-electron chi connectivity index (χ4n) is 0.407. The maximum Gasteiger partial charge on any atom is 0.288 e. The van der Waals surface area contributed by atoms with E-state index in [9.17, 15) is 9.70 Å². The highest BCUT2D eigenvalue weighted by molar-refractivity contribution is 5.88. The van der Waals surface area contributed by atoms with Crippen LogP contribution in [0.25, 0.3) is 0 Å². The zero-order valence-corrected chi connectivity index (χ0v) is 4.76. The predicted octanol–water partition coefficient (Wildman–Crippen LogP) is -1.09. The molecular weight excluding hydrogens is 138 g/mol. The van der Waals surface area contributed by atoms with Crippen molar-refractivity contribution in [2.24, 2.45) is 11.0 Å². The Hall–Kier alpha value is -1.79. The summed E-state index contributed by atoms with van der Waals surface area (Å²) in [6, 6.07) is 0. The lowest BCUT2D eigenvalue weighted by Gasteiger charge is -1.79. The molecule has 0 bridgehead atoms. The Morgan fingerprint density at radius 1 is 1.80 bits per heavy atom. The van der Waals surface area contributed by atoms with E-state index in [0.717, 1.165) is 6.33 Å². The van der Waals surface area contributed by atoms with Crippen molar-refractivity contribution in [3.05, 3.63) is 17.1 Å². The van der Waals surface area contributed by atoms with Crippen molar-refractivity contribution in [1.29, 1.82) is 0 Å². The monoisotopic (exact) mass is 141 g/mol. The van der Waals surface area contributed by atoms with Gasteiger partial charge in [0, 0.05) is 0 Å². The van der Waals surface area contributed by atoms with Crippen molar-refractivity contribution in [3.8, 4) is 0 Å². The van der Waals surface area contributed by atoms with E-state index in [1.54, 1.807) is 0 Å². The number of hydrogen-bond acceptors (Lipinski definition) is 5. The molecule has 0 saturated heterocycles. The van der Waals surface area contributed by atoms with Gasteiger partial charge in [0.05, 0.1) is 5.29 Å². The van der Waals surface area contributed by atoms with E-state index in [-0.39, 0.29) is 5.82 Å². The van der Waals surface area contributed by atoms with Crippen molar-refractivity contribution in [2.45, 2.75) is 0 Å². The summed E-state index contributed by atoms with van der Waals surface area (Å²) >= 11 is 0. The fourth-order valence-corrected chi connectivity index (χ4v) is 0.407. The van der Waals surface area contributed by atoms with Crippen LogP contribution in [0.3, 0.4) is 0 Å². The third-order valence-corrected chi connectivity index (χ3v) is 0.785. The van der Waals surface area contributed by atoms with Gasteiger partial charge in [-0.1, -0.05) is 0 Å². The zero-order chi connectivity index (χ0) is 7.56. The summed E-state index contributed by atoms with van der Waals surface area (Å²) in [5.41, 5.74) is 4.76. The topological polar surface area (TPSA) is 103 Å². The van der Waals surface area contributed by atoms with E-state index in [1.165, 1.54) is 0 Å². The zero-order valence-electron chi connectivity index (χ0n) is 4.76. The van der Waals surface area contributed by atoms with Crippen LogP contribution >= 0.6 is 0 Å². The molecule has 0 aliphatic heterocycles. The molecule has 10 heavy (non-hydrogen) atoms. The number of rotatable bonds is 2. The second-order valence-corrected chi connectivity index (χ2v) is 1.43. The number of nitroso groups, excluding NO2 is 1. The Kier molecular flexibility index (Phi) is 1.40. The summed E-state index contributed by atoms with van der Waals surface area (Å²) < 4.78 is 0. The molecule has 2 N–H and O–H groups in total. The van der Waals surface area contributed by atoms with Gasteiger partial charge in [-0.3, -0.25) is 4.79 Å². The van der Waals surface area contributed by atoms with Crippen LogP contribution in [0.15, 0.2) is 11.6 Å². The molecule has 52 valence electrons. The molecule has 7 heteroatoms. The lowest BCUT2D eigenvalue weighted by atomic mass is 10.6. The first-order valence-corrected chi connectivity index (χ1v) is 2.29. The second kappa shape index (κ2) is 2.21. The van der Waals surface area contributed by atoms with E-state index < -0.39 is 5.91 Å². The third kappa shape index (κ3) is 0.966. The number of carbonyl (C=O) groups is 1. The lowest BCUT2D eigenvalue weighted by Crippen LogP contribution is -2.13. The molecule has 0 saturated carbocycles. The lowest BCUT2D eigenvalue weighted by molar-refractivity contribution is 0.0990. The Balaban J connectivity index is 2.98. The van der Waals surface area contributed by atoms with Crippen LogP contribution < -0.4 is 5.73 Å². The highest BCUT2D eigenvalue weighted by atomic mass is 16.3. The van der Waals surface area contributed by atoms with E-state index >= 15 is 0 Å². The summed E-state index contributed by atoms with van der Waals surface area (Å²) in [4.78, 5) is 24.0. The molecule has 1 heterocycles. The molecule has 0 fully saturated rings. The summed E-state index contributed by atoms with van der Waals surface area (Å²) in [6.45, 7) is 0. The van der Waals surface area contributed by atoms with Gasteiger partial charge in [0.1, 0.15) is 6.33 Å².